The van der Waals surface area contributed by atoms with Crippen LogP contribution in [0.25, 0.3) is 0 Å². The third-order valence-corrected chi connectivity index (χ3v) is 12.3. The molecule has 304 valence electrons. The number of carbonyl (C=O) groups is 2. The van der Waals surface area contributed by atoms with Crippen molar-refractivity contribution in [3.63, 3.8) is 0 Å². The summed E-state index contributed by atoms with van der Waals surface area (Å²) >= 11 is 0. The highest BCUT2D eigenvalue weighted by Crippen LogP contribution is 2.41. The van der Waals surface area contributed by atoms with E-state index in [-0.39, 0.29) is 37.2 Å². The van der Waals surface area contributed by atoms with Crippen LogP contribution in [-0.2, 0) is 42.7 Å². The molecule has 0 aliphatic carbocycles. The number of Topliss-reactive ketones (excluding diaryl/α,β-unsaturated/α-hetero) is 1. The second-order valence-corrected chi connectivity index (χ2v) is 16.6. The lowest BCUT2D eigenvalue weighted by atomic mass is 9.74. The van der Waals surface area contributed by atoms with Crippen LogP contribution in [0.1, 0.15) is 94.9 Å². The summed E-state index contributed by atoms with van der Waals surface area (Å²) in [4.78, 5) is 30.1. The van der Waals surface area contributed by atoms with Crippen molar-refractivity contribution >= 4 is 11.8 Å². The molecule has 3 aliphatic heterocycles. The number of cyclic esters (lactones) is 1. The summed E-state index contributed by atoms with van der Waals surface area (Å²) in [5.41, 5.74) is -4.24. The van der Waals surface area contributed by atoms with Gasteiger partial charge in [0, 0.05) is 44.4 Å². The number of methoxy groups -OCH3 is 2. The number of ether oxygens (including phenoxy) is 7. The predicted molar refractivity (Wildman–Crippen MR) is 191 cm³/mol. The van der Waals surface area contributed by atoms with Crippen molar-refractivity contribution in [3.8, 4) is 0 Å². The first kappa shape index (κ1) is 45.1. The SMILES string of the molecule is CC[C@H]1OC(=O)[C@H](C)[C@@H](O[C@H]2CC(C)(OC)[C@@H](O)[C@@H](C)O2)[C@H](C)[C@@H](O[C@@H]2O[C@H](C)CC(N(C)C)C2O)[C@](C)(OC)C[C@@H](C)C(=O)[C@H](C)[C@@H](O)[C@]1(C)O. The minimum absolute atomic E-state index is 0.111. The van der Waals surface area contributed by atoms with E-state index in [1.165, 1.54) is 21.1 Å². The Bertz CT molecular complexity index is 1190. The van der Waals surface area contributed by atoms with E-state index in [4.69, 9.17) is 33.2 Å². The molecule has 0 spiro atoms. The zero-order valence-electron chi connectivity index (χ0n) is 33.9. The van der Waals surface area contributed by atoms with Gasteiger partial charge in [-0.1, -0.05) is 27.7 Å². The van der Waals surface area contributed by atoms with Crippen LogP contribution in [0.15, 0.2) is 0 Å². The van der Waals surface area contributed by atoms with Gasteiger partial charge in [0.05, 0.1) is 47.6 Å². The van der Waals surface area contributed by atoms with E-state index >= 15 is 0 Å². The van der Waals surface area contributed by atoms with E-state index in [0.717, 1.165) is 0 Å². The monoisotopic (exact) mass is 747 g/mol. The first-order valence-corrected chi connectivity index (χ1v) is 18.9. The van der Waals surface area contributed by atoms with Crippen LogP contribution in [-0.4, -0.2) is 150 Å². The summed E-state index contributed by atoms with van der Waals surface area (Å²) in [6.45, 7) is 17.1. The second kappa shape index (κ2) is 17.7. The minimum Gasteiger partial charge on any atom is -0.459 e. The molecular weight excluding hydrogens is 678 g/mol. The van der Waals surface area contributed by atoms with Gasteiger partial charge in [-0.05, 0) is 74.9 Å². The summed E-state index contributed by atoms with van der Waals surface area (Å²) in [6, 6.07) is -0.283. The number of aliphatic hydroxyl groups is 4. The van der Waals surface area contributed by atoms with Crippen LogP contribution >= 0.6 is 0 Å². The first-order valence-electron chi connectivity index (χ1n) is 18.9. The summed E-state index contributed by atoms with van der Waals surface area (Å²) < 4.78 is 43.9. The van der Waals surface area contributed by atoms with Crippen molar-refractivity contribution in [2.45, 2.75) is 179 Å². The topological polar surface area (TPSA) is 183 Å². The largest absolute Gasteiger partial charge is 0.459 e. The molecule has 3 aliphatic rings. The number of esters is 1. The minimum atomic E-state index is -1.96. The zero-order chi connectivity index (χ0) is 39.7. The Labute approximate surface area is 310 Å². The van der Waals surface area contributed by atoms with Crippen LogP contribution in [0.3, 0.4) is 0 Å². The van der Waals surface area contributed by atoms with Crippen molar-refractivity contribution in [2.75, 3.05) is 28.3 Å². The van der Waals surface area contributed by atoms with Gasteiger partial charge in [-0.25, -0.2) is 0 Å². The summed E-state index contributed by atoms with van der Waals surface area (Å²) in [7, 11) is 6.77. The normalized spacial score (nSPS) is 49.0. The molecule has 0 amide bonds. The zero-order valence-corrected chi connectivity index (χ0v) is 33.9. The van der Waals surface area contributed by atoms with Crippen LogP contribution in [0.5, 0.6) is 0 Å². The van der Waals surface area contributed by atoms with E-state index in [1.54, 1.807) is 48.5 Å². The van der Waals surface area contributed by atoms with Crippen LogP contribution in [0, 0.1) is 23.7 Å². The fraction of sp³-hybridized carbons (Fsp3) is 0.947. The fourth-order valence-corrected chi connectivity index (χ4v) is 8.58. The Kier molecular flexibility index (Phi) is 15.3. The second-order valence-electron chi connectivity index (χ2n) is 16.6. The number of hydrogen-bond acceptors (Lipinski definition) is 14. The Hall–Kier alpha value is -1.30. The maximum Gasteiger partial charge on any atom is 0.311 e. The molecule has 3 rings (SSSR count). The van der Waals surface area contributed by atoms with Gasteiger partial charge in [0.15, 0.2) is 12.6 Å². The number of hydrogen-bond donors (Lipinski definition) is 4. The molecular formula is C38H69NO13. The molecule has 0 aromatic rings. The highest BCUT2D eigenvalue weighted by atomic mass is 16.7. The average Bonchev–Trinajstić information content (AvgIpc) is 3.09. The van der Waals surface area contributed by atoms with Gasteiger partial charge >= 0.3 is 5.97 Å². The van der Waals surface area contributed by atoms with Gasteiger partial charge in [-0.2, -0.15) is 0 Å². The van der Waals surface area contributed by atoms with E-state index in [2.05, 4.69) is 0 Å². The molecule has 4 N–H and O–H groups in total. The lowest BCUT2D eigenvalue weighted by molar-refractivity contribution is -0.319. The summed E-state index contributed by atoms with van der Waals surface area (Å²) in [5, 5.41) is 45.6. The molecule has 3 unspecified atom stereocenters. The third-order valence-electron chi connectivity index (χ3n) is 12.3. The van der Waals surface area contributed by atoms with Crippen LogP contribution in [0.2, 0.25) is 0 Å². The highest BCUT2D eigenvalue weighted by Gasteiger charge is 2.54. The van der Waals surface area contributed by atoms with E-state index < -0.39 is 102 Å². The number of ketones is 1. The van der Waals surface area contributed by atoms with Gasteiger partial charge in [0.1, 0.15) is 29.7 Å². The molecule has 3 saturated heterocycles. The molecule has 14 heteroatoms. The van der Waals surface area contributed by atoms with E-state index in [9.17, 15) is 30.0 Å². The Morgan fingerprint density at radius 1 is 0.846 bits per heavy atom. The lowest BCUT2D eigenvalue weighted by Crippen LogP contribution is -2.61. The molecule has 3 heterocycles. The number of likely N-dealkylation sites (N-methyl/N-ethyl adjacent to an activating group) is 1. The lowest BCUT2D eigenvalue weighted by Gasteiger charge is -2.50. The van der Waals surface area contributed by atoms with E-state index in [0.29, 0.717) is 6.42 Å². The molecule has 0 saturated carbocycles. The van der Waals surface area contributed by atoms with Crippen molar-refractivity contribution < 1.29 is 63.2 Å². The smallest absolute Gasteiger partial charge is 0.311 e. The number of aliphatic hydroxyl groups excluding tert-OH is 3. The molecule has 0 bridgehead atoms. The summed E-state index contributed by atoms with van der Waals surface area (Å²) in [6.07, 6.45) is -8.73. The summed E-state index contributed by atoms with van der Waals surface area (Å²) in [5.74, 6) is -4.47. The van der Waals surface area contributed by atoms with Gasteiger partial charge < -0.3 is 58.5 Å². The number of nitrogens with zero attached hydrogens (tertiary/aromatic N) is 1. The Morgan fingerprint density at radius 2 is 1.44 bits per heavy atom. The number of rotatable bonds is 8. The van der Waals surface area contributed by atoms with Gasteiger partial charge in [0.2, 0.25) is 0 Å². The van der Waals surface area contributed by atoms with Crippen molar-refractivity contribution in [3.05, 3.63) is 0 Å². The molecule has 18 atom stereocenters. The molecule has 0 aromatic heterocycles. The van der Waals surface area contributed by atoms with Gasteiger partial charge in [-0.15, -0.1) is 0 Å². The Balaban J connectivity index is 2.22. The molecule has 3 fully saturated rings. The molecule has 0 radical (unpaired) electrons. The van der Waals surface area contributed by atoms with Crippen molar-refractivity contribution in [2.24, 2.45) is 23.7 Å². The van der Waals surface area contributed by atoms with Crippen LogP contribution < -0.4 is 0 Å². The van der Waals surface area contributed by atoms with Crippen molar-refractivity contribution in [1.29, 1.82) is 0 Å². The standard InChI is InChI=1S/C38H69NO13/c1-15-26-38(10,45)31(42)21(4)28(40)19(2)17-37(9,47-14)33(52-35-29(41)25(39(11)12)16-20(3)48-35)22(5)30(23(6)34(44)50-26)51-27-18-36(8,46-13)32(43)24(7)49-27/h19-27,29-33,35,41-43,45H,15-18H2,1-14H3/t19-,20-,21+,22+,23-,24-,25?,26-,27+,29?,30+,31-,32+,33-,35+,36?,37-,38-/m1/s1. The van der Waals surface area contributed by atoms with Gasteiger partial charge in [-0.3, -0.25) is 9.59 Å². The van der Waals surface area contributed by atoms with Gasteiger partial charge in [0.25, 0.3) is 0 Å². The van der Waals surface area contributed by atoms with Crippen LogP contribution in [0.4, 0.5) is 0 Å². The Morgan fingerprint density at radius 3 is 1.98 bits per heavy atom. The highest BCUT2D eigenvalue weighted by molar-refractivity contribution is 5.83. The molecule has 14 nitrogen and oxygen atoms in total. The van der Waals surface area contributed by atoms with Crippen molar-refractivity contribution in [1.82, 2.24) is 4.90 Å². The predicted octanol–water partition coefficient (Wildman–Crippen LogP) is 2.44. The quantitative estimate of drug-likeness (QED) is 0.266. The first-order chi connectivity index (χ1) is 24.0. The number of carbonyl (C=O) groups excluding carboxylic acids is 2. The van der Waals surface area contributed by atoms with E-state index in [1.807, 2.05) is 32.8 Å². The maximum atomic E-state index is 14.2. The molecule has 0 aromatic carbocycles. The average molecular weight is 748 g/mol. The maximum absolute atomic E-state index is 14.2. The third kappa shape index (κ3) is 9.38. The fourth-order valence-electron chi connectivity index (χ4n) is 8.58. The molecule has 52 heavy (non-hydrogen) atoms.